The Labute approximate surface area is 145 Å². The molecule has 0 unspecified atom stereocenters. The van der Waals surface area contributed by atoms with Crippen LogP contribution in [0.5, 0.6) is 0 Å². The fourth-order valence-corrected chi connectivity index (χ4v) is 2.82. The van der Waals surface area contributed by atoms with Gasteiger partial charge in [0.2, 0.25) is 0 Å². The monoisotopic (exact) mass is 372 g/mol. The Bertz CT molecular complexity index is 644. The molecule has 1 fully saturated rings. The average Bonchev–Trinajstić information content (AvgIpc) is 2.58. The van der Waals surface area contributed by atoms with Crippen molar-refractivity contribution >= 4 is 21.6 Å². The van der Waals surface area contributed by atoms with Crippen molar-refractivity contribution in [1.82, 2.24) is 9.91 Å². The number of nitrogens with zero attached hydrogens (tertiary/aromatic N) is 4. The average molecular weight is 373 g/mol. The topological polar surface area (TPSA) is 31.2 Å². The molecular formula is C18H21BrN4. The number of hydrogen-bond donors (Lipinski definition) is 0. The van der Waals surface area contributed by atoms with E-state index in [-0.39, 0.29) is 0 Å². The molecule has 5 heteroatoms. The second-order valence-electron chi connectivity index (χ2n) is 5.88. The fourth-order valence-electron chi connectivity index (χ4n) is 2.56. The maximum atomic E-state index is 4.35. The van der Waals surface area contributed by atoms with Crippen LogP contribution in [0.1, 0.15) is 11.1 Å². The maximum absolute atomic E-state index is 4.35. The molecule has 3 rings (SSSR count). The van der Waals surface area contributed by atoms with Crippen LogP contribution < -0.4 is 0 Å². The van der Waals surface area contributed by atoms with Gasteiger partial charge in [-0.25, -0.2) is 0 Å². The van der Waals surface area contributed by atoms with Gasteiger partial charge in [-0.15, -0.1) is 5.11 Å². The van der Waals surface area contributed by atoms with Gasteiger partial charge in [-0.3, -0.25) is 9.91 Å². The third-order valence-electron chi connectivity index (χ3n) is 3.99. The number of halogens is 1. The molecule has 4 nitrogen and oxygen atoms in total. The van der Waals surface area contributed by atoms with Crippen molar-refractivity contribution in [2.24, 2.45) is 10.3 Å². The van der Waals surface area contributed by atoms with Crippen molar-refractivity contribution in [2.45, 2.75) is 13.5 Å². The third-order valence-corrected chi connectivity index (χ3v) is 4.52. The summed E-state index contributed by atoms with van der Waals surface area (Å²) in [6, 6.07) is 16.7. The first kappa shape index (κ1) is 16.1. The summed E-state index contributed by atoms with van der Waals surface area (Å²) in [7, 11) is 0. The van der Waals surface area contributed by atoms with Crippen molar-refractivity contribution in [2.75, 3.05) is 26.2 Å². The summed E-state index contributed by atoms with van der Waals surface area (Å²) < 4.78 is 1.06. The molecule has 0 bridgehead atoms. The van der Waals surface area contributed by atoms with E-state index in [0.717, 1.165) is 42.9 Å². The summed E-state index contributed by atoms with van der Waals surface area (Å²) in [5, 5.41) is 10.7. The van der Waals surface area contributed by atoms with Gasteiger partial charge in [-0.05, 0) is 36.8 Å². The van der Waals surface area contributed by atoms with Crippen LogP contribution in [0, 0.1) is 6.92 Å². The van der Waals surface area contributed by atoms with E-state index in [1.807, 2.05) is 29.3 Å². The van der Waals surface area contributed by atoms with Crippen LogP contribution in [0.3, 0.4) is 0 Å². The minimum absolute atomic E-state index is 0.885. The Hall–Kier alpha value is -1.72. The van der Waals surface area contributed by atoms with Crippen LogP contribution in [0.2, 0.25) is 0 Å². The molecule has 0 saturated carbocycles. The maximum Gasteiger partial charge on any atom is 0.0875 e. The normalized spacial score (nSPS) is 16.2. The third kappa shape index (κ3) is 4.88. The lowest BCUT2D eigenvalue weighted by atomic mass is 10.1. The van der Waals surface area contributed by atoms with Crippen LogP contribution in [0.15, 0.2) is 63.3 Å². The lowest BCUT2D eigenvalue weighted by Crippen LogP contribution is -2.43. The Kier molecular flexibility index (Phi) is 5.41. The molecule has 0 aliphatic carbocycles. The standard InChI is InChI=1S/C18H21BrN4/c1-15-2-4-16(5-3-15)14-22-10-12-23(13-11-22)21-20-18-8-6-17(19)7-9-18/h2-9H,10-14H2,1H3. The summed E-state index contributed by atoms with van der Waals surface area (Å²) in [6.45, 7) is 7.02. The summed E-state index contributed by atoms with van der Waals surface area (Å²) in [6.07, 6.45) is 0. The first-order valence-electron chi connectivity index (χ1n) is 7.89. The highest BCUT2D eigenvalue weighted by molar-refractivity contribution is 9.10. The molecule has 1 aliphatic rings. The first-order chi connectivity index (χ1) is 11.2. The molecule has 1 aliphatic heterocycles. The lowest BCUT2D eigenvalue weighted by Gasteiger charge is -2.32. The van der Waals surface area contributed by atoms with Crippen LogP contribution in [0.25, 0.3) is 0 Å². The summed E-state index contributed by atoms with van der Waals surface area (Å²) in [4.78, 5) is 2.47. The van der Waals surface area contributed by atoms with Gasteiger partial charge in [0.1, 0.15) is 0 Å². The number of rotatable bonds is 4. The molecular weight excluding hydrogens is 352 g/mol. The lowest BCUT2D eigenvalue weighted by molar-refractivity contribution is 0.124. The summed E-state index contributed by atoms with van der Waals surface area (Å²) >= 11 is 3.42. The Balaban J connectivity index is 1.48. The predicted molar refractivity (Wildman–Crippen MR) is 96.7 cm³/mol. The van der Waals surface area contributed by atoms with Gasteiger partial charge in [0, 0.05) is 24.1 Å². The molecule has 0 aromatic heterocycles. The number of piperazine rings is 1. The second-order valence-corrected chi connectivity index (χ2v) is 6.80. The second kappa shape index (κ2) is 7.70. The molecule has 1 saturated heterocycles. The van der Waals surface area contributed by atoms with E-state index < -0.39 is 0 Å². The Morgan fingerprint density at radius 3 is 2.22 bits per heavy atom. The summed E-state index contributed by atoms with van der Waals surface area (Å²) in [5.41, 5.74) is 3.57. The molecule has 2 aromatic carbocycles. The van der Waals surface area contributed by atoms with Crippen molar-refractivity contribution < 1.29 is 0 Å². The number of benzene rings is 2. The molecule has 0 radical (unpaired) electrons. The van der Waals surface area contributed by atoms with E-state index in [2.05, 4.69) is 62.4 Å². The molecule has 0 spiro atoms. The number of hydrogen-bond acceptors (Lipinski definition) is 3. The predicted octanol–water partition coefficient (Wildman–Crippen LogP) is 4.57. The smallest absolute Gasteiger partial charge is 0.0875 e. The molecule has 0 amide bonds. The summed E-state index contributed by atoms with van der Waals surface area (Å²) in [5.74, 6) is 0. The highest BCUT2D eigenvalue weighted by Crippen LogP contribution is 2.18. The van der Waals surface area contributed by atoms with Crippen molar-refractivity contribution in [3.63, 3.8) is 0 Å². The quantitative estimate of drug-likeness (QED) is 0.735. The molecule has 0 atom stereocenters. The van der Waals surface area contributed by atoms with Gasteiger partial charge in [-0.2, -0.15) is 0 Å². The zero-order chi connectivity index (χ0) is 16.1. The van der Waals surface area contributed by atoms with E-state index in [1.165, 1.54) is 11.1 Å². The van der Waals surface area contributed by atoms with Gasteiger partial charge in [-0.1, -0.05) is 51.0 Å². The molecule has 23 heavy (non-hydrogen) atoms. The zero-order valence-corrected chi connectivity index (χ0v) is 14.9. The highest BCUT2D eigenvalue weighted by Gasteiger charge is 2.15. The Morgan fingerprint density at radius 1 is 0.913 bits per heavy atom. The van der Waals surface area contributed by atoms with Crippen LogP contribution in [0.4, 0.5) is 5.69 Å². The first-order valence-corrected chi connectivity index (χ1v) is 8.68. The largest absolute Gasteiger partial charge is 0.295 e. The van der Waals surface area contributed by atoms with E-state index in [9.17, 15) is 0 Å². The fraction of sp³-hybridized carbons (Fsp3) is 0.333. The van der Waals surface area contributed by atoms with Crippen LogP contribution in [-0.4, -0.2) is 36.1 Å². The Morgan fingerprint density at radius 2 is 1.57 bits per heavy atom. The van der Waals surface area contributed by atoms with Crippen molar-refractivity contribution in [3.05, 3.63) is 64.1 Å². The minimum Gasteiger partial charge on any atom is -0.295 e. The van der Waals surface area contributed by atoms with Crippen molar-refractivity contribution in [3.8, 4) is 0 Å². The van der Waals surface area contributed by atoms with Gasteiger partial charge in [0.05, 0.1) is 18.8 Å². The SMILES string of the molecule is Cc1ccc(CN2CCN(N=Nc3ccc(Br)cc3)CC2)cc1. The zero-order valence-electron chi connectivity index (χ0n) is 13.3. The van der Waals surface area contributed by atoms with E-state index in [1.54, 1.807) is 0 Å². The minimum atomic E-state index is 0.885. The van der Waals surface area contributed by atoms with Gasteiger partial charge in [0.15, 0.2) is 0 Å². The molecule has 120 valence electrons. The van der Waals surface area contributed by atoms with Gasteiger partial charge >= 0.3 is 0 Å². The highest BCUT2D eigenvalue weighted by atomic mass is 79.9. The van der Waals surface area contributed by atoms with E-state index >= 15 is 0 Å². The van der Waals surface area contributed by atoms with Gasteiger partial charge in [0.25, 0.3) is 0 Å². The van der Waals surface area contributed by atoms with E-state index in [4.69, 9.17) is 0 Å². The molecule has 2 aromatic rings. The molecule has 1 heterocycles. The van der Waals surface area contributed by atoms with Crippen molar-refractivity contribution in [1.29, 1.82) is 0 Å². The molecule has 0 N–H and O–H groups in total. The van der Waals surface area contributed by atoms with Crippen LogP contribution in [-0.2, 0) is 6.54 Å². The number of aryl methyl sites for hydroxylation is 1. The van der Waals surface area contributed by atoms with Crippen LogP contribution >= 0.6 is 15.9 Å². The van der Waals surface area contributed by atoms with Gasteiger partial charge < -0.3 is 0 Å². The van der Waals surface area contributed by atoms with E-state index in [0.29, 0.717) is 0 Å².